The molecule has 1 aromatic carbocycles. The van der Waals surface area contributed by atoms with E-state index in [1.54, 1.807) is 0 Å². The highest BCUT2D eigenvalue weighted by Gasteiger charge is 2.09. The summed E-state index contributed by atoms with van der Waals surface area (Å²) < 4.78 is 4.80. The van der Waals surface area contributed by atoms with Crippen LogP contribution in [0.1, 0.15) is 15.9 Å². The second-order valence-electron chi connectivity index (χ2n) is 2.58. The summed E-state index contributed by atoms with van der Waals surface area (Å²) in [5.41, 5.74) is 0.620. The molecule has 0 aliphatic rings. The molecule has 4 nitrogen and oxygen atoms in total. The summed E-state index contributed by atoms with van der Waals surface area (Å²) in [7, 11) is 1.47. The molecule has 1 rings (SSSR count). The maximum absolute atomic E-state index is 10.7. The molecule has 0 aliphatic carbocycles. The number of ether oxygens (including phenoxy) is 1. The van der Waals surface area contributed by atoms with Crippen molar-refractivity contribution in [1.29, 1.82) is 0 Å². The SMILES string of the molecule is COCc1cc(O)ccc1C(=O)O. The quantitative estimate of drug-likeness (QED) is 0.737. The van der Waals surface area contributed by atoms with E-state index >= 15 is 0 Å². The lowest BCUT2D eigenvalue weighted by Gasteiger charge is -2.04. The lowest BCUT2D eigenvalue weighted by atomic mass is 10.1. The zero-order chi connectivity index (χ0) is 9.84. The Bertz CT molecular complexity index is 319. The van der Waals surface area contributed by atoms with Gasteiger partial charge in [-0.15, -0.1) is 0 Å². The Hall–Kier alpha value is -1.55. The van der Waals surface area contributed by atoms with Crippen molar-refractivity contribution in [2.24, 2.45) is 0 Å². The number of phenolic OH excluding ortho intramolecular Hbond substituents is 1. The van der Waals surface area contributed by atoms with Gasteiger partial charge in [0.25, 0.3) is 0 Å². The number of hydrogen-bond acceptors (Lipinski definition) is 3. The first-order valence-electron chi connectivity index (χ1n) is 3.69. The lowest BCUT2D eigenvalue weighted by Crippen LogP contribution is -2.02. The van der Waals surface area contributed by atoms with Gasteiger partial charge in [0.2, 0.25) is 0 Å². The number of methoxy groups -OCH3 is 1. The van der Waals surface area contributed by atoms with E-state index in [4.69, 9.17) is 14.9 Å². The molecule has 2 N–H and O–H groups in total. The van der Waals surface area contributed by atoms with Crippen LogP contribution in [0.2, 0.25) is 0 Å². The highest BCUT2D eigenvalue weighted by molar-refractivity contribution is 5.89. The van der Waals surface area contributed by atoms with Crippen LogP contribution >= 0.6 is 0 Å². The van der Waals surface area contributed by atoms with Crippen LogP contribution in [-0.4, -0.2) is 23.3 Å². The van der Waals surface area contributed by atoms with Crippen molar-refractivity contribution < 1.29 is 19.7 Å². The summed E-state index contributed by atoms with van der Waals surface area (Å²) in [5.74, 6) is -0.982. The van der Waals surface area contributed by atoms with Gasteiger partial charge in [-0.2, -0.15) is 0 Å². The monoisotopic (exact) mass is 182 g/mol. The molecule has 0 amide bonds. The third kappa shape index (κ3) is 2.19. The van der Waals surface area contributed by atoms with Gasteiger partial charge in [0, 0.05) is 7.11 Å². The Morgan fingerprint density at radius 1 is 1.54 bits per heavy atom. The summed E-state index contributed by atoms with van der Waals surface area (Å²) >= 11 is 0. The van der Waals surface area contributed by atoms with E-state index in [1.165, 1.54) is 25.3 Å². The standard InChI is InChI=1S/C9H10O4/c1-13-5-6-4-7(10)2-3-8(6)9(11)12/h2-4,10H,5H2,1H3,(H,11,12). The molecular formula is C9H10O4. The zero-order valence-corrected chi connectivity index (χ0v) is 7.15. The molecule has 0 bridgehead atoms. The number of benzene rings is 1. The summed E-state index contributed by atoms with van der Waals surface area (Å²) in [6.45, 7) is 0.177. The van der Waals surface area contributed by atoms with Crippen LogP contribution in [0.15, 0.2) is 18.2 Å². The number of phenols is 1. The first-order valence-corrected chi connectivity index (χ1v) is 3.69. The fourth-order valence-corrected chi connectivity index (χ4v) is 1.06. The fourth-order valence-electron chi connectivity index (χ4n) is 1.06. The number of aromatic hydroxyl groups is 1. The van der Waals surface area contributed by atoms with Gasteiger partial charge in [-0.3, -0.25) is 0 Å². The highest BCUT2D eigenvalue weighted by Crippen LogP contribution is 2.17. The van der Waals surface area contributed by atoms with Crippen molar-refractivity contribution in [2.45, 2.75) is 6.61 Å². The van der Waals surface area contributed by atoms with Crippen molar-refractivity contribution in [1.82, 2.24) is 0 Å². The molecule has 0 saturated carbocycles. The topological polar surface area (TPSA) is 66.8 Å². The second kappa shape index (κ2) is 3.91. The Labute approximate surface area is 75.4 Å². The third-order valence-corrected chi connectivity index (χ3v) is 1.62. The Kier molecular flexibility index (Phi) is 2.87. The van der Waals surface area contributed by atoms with Gasteiger partial charge in [-0.25, -0.2) is 4.79 Å². The number of carbonyl (C=O) groups is 1. The smallest absolute Gasteiger partial charge is 0.336 e. The van der Waals surface area contributed by atoms with E-state index in [-0.39, 0.29) is 17.9 Å². The number of aromatic carboxylic acids is 1. The van der Waals surface area contributed by atoms with Crippen molar-refractivity contribution in [3.8, 4) is 5.75 Å². The predicted molar refractivity (Wildman–Crippen MR) is 45.8 cm³/mol. The minimum atomic E-state index is -1.02. The van der Waals surface area contributed by atoms with Crippen LogP contribution in [0.3, 0.4) is 0 Å². The highest BCUT2D eigenvalue weighted by atomic mass is 16.5. The molecule has 0 unspecified atom stereocenters. The molecule has 0 aromatic heterocycles. The maximum atomic E-state index is 10.7. The molecule has 0 aliphatic heterocycles. The van der Waals surface area contributed by atoms with Crippen molar-refractivity contribution in [3.63, 3.8) is 0 Å². The van der Waals surface area contributed by atoms with Crippen LogP contribution in [-0.2, 0) is 11.3 Å². The van der Waals surface area contributed by atoms with E-state index in [2.05, 4.69) is 0 Å². The number of rotatable bonds is 3. The van der Waals surface area contributed by atoms with E-state index < -0.39 is 5.97 Å². The summed E-state index contributed by atoms with van der Waals surface area (Å²) in [4.78, 5) is 10.7. The molecule has 70 valence electrons. The van der Waals surface area contributed by atoms with Crippen LogP contribution in [0.4, 0.5) is 0 Å². The molecule has 0 fully saturated rings. The molecule has 0 heterocycles. The maximum Gasteiger partial charge on any atom is 0.336 e. The molecule has 0 spiro atoms. The zero-order valence-electron chi connectivity index (χ0n) is 7.15. The van der Waals surface area contributed by atoms with Gasteiger partial charge in [0.15, 0.2) is 0 Å². The summed E-state index contributed by atoms with van der Waals surface area (Å²) in [5, 5.41) is 17.8. The Morgan fingerprint density at radius 3 is 2.77 bits per heavy atom. The first-order chi connectivity index (χ1) is 6.15. The second-order valence-corrected chi connectivity index (χ2v) is 2.58. The largest absolute Gasteiger partial charge is 0.508 e. The number of hydrogen-bond donors (Lipinski definition) is 2. The first kappa shape index (κ1) is 9.54. The molecule has 0 saturated heterocycles. The average molecular weight is 182 g/mol. The van der Waals surface area contributed by atoms with Crippen LogP contribution < -0.4 is 0 Å². The third-order valence-electron chi connectivity index (χ3n) is 1.62. The number of carboxylic acids is 1. The molecule has 0 radical (unpaired) electrons. The molecule has 4 heteroatoms. The fraction of sp³-hybridized carbons (Fsp3) is 0.222. The number of carboxylic acid groups (broad SMARTS) is 1. The van der Waals surface area contributed by atoms with Crippen LogP contribution in [0.5, 0.6) is 5.75 Å². The normalized spacial score (nSPS) is 9.92. The van der Waals surface area contributed by atoms with Gasteiger partial charge < -0.3 is 14.9 Å². The Morgan fingerprint density at radius 2 is 2.23 bits per heavy atom. The van der Waals surface area contributed by atoms with E-state index in [0.29, 0.717) is 5.56 Å². The van der Waals surface area contributed by atoms with Gasteiger partial charge in [0.1, 0.15) is 5.75 Å². The van der Waals surface area contributed by atoms with Gasteiger partial charge in [-0.05, 0) is 23.8 Å². The molecule has 13 heavy (non-hydrogen) atoms. The molecule has 0 atom stereocenters. The van der Waals surface area contributed by atoms with Crippen molar-refractivity contribution in [2.75, 3.05) is 7.11 Å². The predicted octanol–water partition coefficient (Wildman–Crippen LogP) is 1.24. The molecular weight excluding hydrogens is 172 g/mol. The van der Waals surface area contributed by atoms with Crippen LogP contribution in [0, 0.1) is 0 Å². The summed E-state index contributed by atoms with van der Waals surface area (Å²) in [6, 6.07) is 4.07. The van der Waals surface area contributed by atoms with E-state index in [9.17, 15) is 4.79 Å². The Balaban J connectivity index is 3.10. The average Bonchev–Trinajstić information content (AvgIpc) is 2.04. The van der Waals surface area contributed by atoms with Gasteiger partial charge in [0.05, 0.1) is 12.2 Å². The minimum Gasteiger partial charge on any atom is -0.508 e. The van der Waals surface area contributed by atoms with Gasteiger partial charge in [-0.1, -0.05) is 0 Å². The summed E-state index contributed by atoms with van der Waals surface area (Å²) in [6.07, 6.45) is 0. The minimum absolute atomic E-state index is 0.0389. The van der Waals surface area contributed by atoms with Crippen LogP contribution in [0.25, 0.3) is 0 Å². The lowest BCUT2D eigenvalue weighted by molar-refractivity contribution is 0.0692. The van der Waals surface area contributed by atoms with E-state index in [0.717, 1.165) is 0 Å². The van der Waals surface area contributed by atoms with E-state index in [1.807, 2.05) is 0 Å². The van der Waals surface area contributed by atoms with Crippen molar-refractivity contribution in [3.05, 3.63) is 29.3 Å². The molecule has 1 aromatic rings. The van der Waals surface area contributed by atoms with Crippen molar-refractivity contribution >= 4 is 5.97 Å². The van der Waals surface area contributed by atoms with Gasteiger partial charge >= 0.3 is 5.97 Å².